The lowest BCUT2D eigenvalue weighted by Gasteiger charge is -2.14. The number of nitrogens with one attached hydrogen (secondary N) is 1. The fourth-order valence-electron chi connectivity index (χ4n) is 2.30. The van der Waals surface area contributed by atoms with E-state index in [2.05, 4.69) is 12.2 Å². The first-order valence-corrected chi connectivity index (χ1v) is 7.69. The van der Waals surface area contributed by atoms with Crippen molar-refractivity contribution >= 4 is 17.5 Å². The van der Waals surface area contributed by atoms with Gasteiger partial charge in [-0.25, -0.2) is 0 Å². The number of methoxy groups -OCH3 is 2. The molecule has 23 heavy (non-hydrogen) atoms. The van der Waals surface area contributed by atoms with E-state index in [0.717, 1.165) is 0 Å². The average Bonchev–Trinajstić information content (AvgIpc) is 2.59. The van der Waals surface area contributed by atoms with Crippen molar-refractivity contribution in [2.45, 2.75) is 12.8 Å². The van der Waals surface area contributed by atoms with E-state index in [1.165, 1.54) is 19.8 Å². The van der Waals surface area contributed by atoms with Crippen molar-refractivity contribution in [3.63, 3.8) is 0 Å². The van der Waals surface area contributed by atoms with Crippen LogP contribution in [0.4, 0.5) is 0 Å². The maximum absolute atomic E-state index is 12.3. The van der Waals surface area contributed by atoms with E-state index in [0.29, 0.717) is 28.6 Å². The predicted octanol–water partition coefficient (Wildman–Crippen LogP) is 3.89. The second-order valence-corrected chi connectivity index (χ2v) is 5.62. The topological polar surface area (TPSA) is 47.6 Å². The van der Waals surface area contributed by atoms with Crippen molar-refractivity contribution in [3.8, 4) is 11.5 Å². The van der Waals surface area contributed by atoms with E-state index in [-0.39, 0.29) is 11.8 Å². The molecule has 1 atom stereocenters. The molecule has 122 valence electrons. The first kappa shape index (κ1) is 17.2. The molecule has 5 heteroatoms. The van der Waals surface area contributed by atoms with Crippen molar-refractivity contribution in [1.82, 2.24) is 5.32 Å². The van der Waals surface area contributed by atoms with Gasteiger partial charge in [-0.2, -0.15) is 0 Å². The highest BCUT2D eigenvalue weighted by molar-refractivity contribution is 6.32. The minimum atomic E-state index is -0.198. The fourth-order valence-corrected chi connectivity index (χ4v) is 2.58. The first-order chi connectivity index (χ1) is 11.1. The van der Waals surface area contributed by atoms with Gasteiger partial charge in [0.25, 0.3) is 5.91 Å². The molecule has 0 saturated heterocycles. The van der Waals surface area contributed by atoms with Crippen LogP contribution in [-0.4, -0.2) is 26.7 Å². The van der Waals surface area contributed by atoms with Crippen LogP contribution in [0.2, 0.25) is 5.02 Å². The Balaban J connectivity index is 2.08. The SMILES string of the molecule is COc1cc(C(=O)NC[C@H](C)c2ccccc2)cc(Cl)c1OC. The summed E-state index contributed by atoms with van der Waals surface area (Å²) >= 11 is 6.13. The summed E-state index contributed by atoms with van der Waals surface area (Å²) in [5.41, 5.74) is 1.62. The second kappa shape index (κ2) is 7.88. The van der Waals surface area contributed by atoms with Gasteiger partial charge in [0.1, 0.15) is 0 Å². The number of carbonyl (C=O) groups excluding carboxylic acids is 1. The third kappa shape index (κ3) is 4.17. The van der Waals surface area contributed by atoms with Gasteiger partial charge in [-0.15, -0.1) is 0 Å². The van der Waals surface area contributed by atoms with Crippen molar-refractivity contribution < 1.29 is 14.3 Å². The number of ether oxygens (including phenoxy) is 2. The third-order valence-corrected chi connectivity index (χ3v) is 3.91. The second-order valence-electron chi connectivity index (χ2n) is 5.22. The maximum Gasteiger partial charge on any atom is 0.251 e. The molecule has 2 aromatic carbocycles. The van der Waals surface area contributed by atoms with E-state index in [1.807, 2.05) is 30.3 Å². The van der Waals surface area contributed by atoms with Crippen molar-refractivity contribution in [3.05, 3.63) is 58.6 Å². The van der Waals surface area contributed by atoms with Crippen LogP contribution in [0.5, 0.6) is 11.5 Å². The van der Waals surface area contributed by atoms with Gasteiger partial charge in [-0.05, 0) is 23.6 Å². The Kier molecular flexibility index (Phi) is 5.88. The van der Waals surface area contributed by atoms with Crippen molar-refractivity contribution in [1.29, 1.82) is 0 Å². The van der Waals surface area contributed by atoms with Crippen LogP contribution < -0.4 is 14.8 Å². The molecule has 0 fully saturated rings. The van der Waals surface area contributed by atoms with Gasteiger partial charge in [0, 0.05) is 12.1 Å². The Labute approximate surface area is 141 Å². The Morgan fingerprint density at radius 1 is 1.17 bits per heavy atom. The zero-order valence-electron chi connectivity index (χ0n) is 13.4. The number of rotatable bonds is 6. The van der Waals surface area contributed by atoms with Gasteiger partial charge < -0.3 is 14.8 Å². The van der Waals surface area contributed by atoms with Gasteiger partial charge >= 0.3 is 0 Å². The fraction of sp³-hybridized carbons (Fsp3) is 0.278. The van der Waals surface area contributed by atoms with E-state index in [4.69, 9.17) is 21.1 Å². The molecule has 0 heterocycles. The van der Waals surface area contributed by atoms with E-state index in [9.17, 15) is 4.79 Å². The lowest BCUT2D eigenvalue weighted by molar-refractivity contribution is 0.0951. The lowest BCUT2D eigenvalue weighted by Crippen LogP contribution is -2.27. The quantitative estimate of drug-likeness (QED) is 0.872. The summed E-state index contributed by atoms with van der Waals surface area (Å²) in [6.07, 6.45) is 0. The molecule has 0 aromatic heterocycles. The smallest absolute Gasteiger partial charge is 0.251 e. The Morgan fingerprint density at radius 2 is 1.87 bits per heavy atom. The number of halogens is 1. The van der Waals surface area contributed by atoms with Gasteiger partial charge in [0.15, 0.2) is 11.5 Å². The molecule has 0 aliphatic heterocycles. The number of carbonyl (C=O) groups is 1. The minimum Gasteiger partial charge on any atom is -0.493 e. The van der Waals surface area contributed by atoms with E-state index in [1.54, 1.807) is 12.1 Å². The summed E-state index contributed by atoms with van der Waals surface area (Å²) in [5.74, 6) is 0.871. The van der Waals surface area contributed by atoms with E-state index >= 15 is 0 Å². The summed E-state index contributed by atoms with van der Waals surface area (Å²) in [5, 5.41) is 3.26. The van der Waals surface area contributed by atoms with Crippen LogP contribution in [0.3, 0.4) is 0 Å². The van der Waals surface area contributed by atoms with Crippen molar-refractivity contribution in [2.24, 2.45) is 0 Å². The molecular weight excluding hydrogens is 314 g/mol. The van der Waals surface area contributed by atoms with Crippen LogP contribution in [0.25, 0.3) is 0 Å². The number of hydrogen-bond donors (Lipinski definition) is 1. The largest absolute Gasteiger partial charge is 0.493 e. The molecule has 1 N–H and O–H groups in total. The highest BCUT2D eigenvalue weighted by Gasteiger charge is 2.16. The molecule has 0 radical (unpaired) electrons. The molecule has 0 bridgehead atoms. The van der Waals surface area contributed by atoms with Crippen molar-refractivity contribution in [2.75, 3.05) is 20.8 Å². The van der Waals surface area contributed by atoms with Crippen LogP contribution >= 0.6 is 11.6 Å². The zero-order chi connectivity index (χ0) is 16.8. The number of benzene rings is 2. The summed E-state index contributed by atoms with van der Waals surface area (Å²) in [7, 11) is 3.01. The summed E-state index contributed by atoms with van der Waals surface area (Å²) < 4.78 is 10.4. The summed E-state index contributed by atoms with van der Waals surface area (Å²) in [6.45, 7) is 2.60. The van der Waals surface area contributed by atoms with Crippen LogP contribution in [-0.2, 0) is 0 Å². The molecule has 0 unspecified atom stereocenters. The molecule has 0 aliphatic rings. The molecular formula is C18H20ClNO3. The average molecular weight is 334 g/mol. The summed E-state index contributed by atoms with van der Waals surface area (Å²) in [4.78, 5) is 12.3. The first-order valence-electron chi connectivity index (χ1n) is 7.31. The normalized spacial score (nSPS) is 11.7. The molecule has 4 nitrogen and oxygen atoms in total. The molecule has 2 aromatic rings. The number of hydrogen-bond acceptors (Lipinski definition) is 3. The maximum atomic E-state index is 12.3. The van der Waals surface area contributed by atoms with Gasteiger partial charge in [-0.1, -0.05) is 48.9 Å². The monoisotopic (exact) mass is 333 g/mol. The van der Waals surface area contributed by atoms with Gasteiger partial charge in [0.05, 0.1) is 19.2 Å². The predicted molar refractivity (Wildman–Crippen MR) is 91.7 cm³/mol. The lowest BCUT2D eigenvalue weighted by atomic mass is 10.0. The minimum absolute atomic E-state index is 0.198. The van der Waals surface area contributed by atoms with Gasteiger partial charge in [-0.3, -0.25) is 4.79 Å². The highest BCUT2D eigenvalue weighted by atomic mass is 35.5. The van der Waals surface area contributed by atoms with Crippen LogP contribution in [0, 0.1) is 0 Å². The van der Waals surface area contributed by atoms with Gasteiger partial charge in [0.2, 0.25) is 0 Å². The standard InChI is InChI=1S/C18H20ClNO3/c1-12(13-7-5-4-6-8-13)11-20-18(21)14-9-15(19)17(23-3)16(10-14)22-2/h4-10,12H,11H2,1-3H3,(H,20,21)/t12-/m0/s1. The molecule has 0 saturated carbocycles. The molecule has 2 rings (SSSR count). The summed E-state index contributed by atoms with van der Waals surface area (Å²) in [6, 6.07) is 13.2. The number of amides is 1. The Hall–Kier alpha value is -2.20. The highest BCUT2D eigenvalue weighted by Crippen LogP contribution is 2.35. The van der Waals surface area contributed by atoms with Crippen LogP contribution in [0.1, 0.15) is 28.8 Å². The third-order valence-electron chi connectivity index (χ3n) is 3.63. The van der Waals surface area contributed by atoms with Crippen LogP contribution in [0.15, 0.2) is 42.5 Å². The Bertz CT molecular complexity index is 673. The zero-order valence-corrected chi connectivity index (χ0v) is 14.2. The van der Waals surface area contributed by atoms with E-state index < -0.39 is 0 Å². The Morgan fingerprint density at radius 3 is 2.48 bits per heavy atom. The molecule has 0 spiro atoms. The molecule has 0 aliphatic carbocycles. The molecule has 1 amide bonds.